The third-order valence-electron chi connectivity index (χ3n) is 1.49. The Morgan fingerprint density at radius 2 is 2.25 bits per heavy atom. The fourth-order valence-corrected chi connectivity index (χ4v) is 2.05. The van der Waals surface area contributed by atoms with Crippen LogP contribution in [0.25, 0.3) is 0 Å². The van der Waals surface area contributed by atoms with Gasteiger partial charge in [-0.25, -0.2) is 0 Å². The first kappa shape index (κ1) is 10.3. The van der Waals surface area contributed by atoms with Crippen LogP contribution in [0.15, 0.2) is 16.6 Å². The summed E-state index contributed by atoms with van der Waals surface area (Å²) in [6, 6.07) is 3.75. The van der Waals surface area contributed by atoms with Gasteiger partial charge in [-0.15, -0.1) is 0 Å². The summed E-state index contributed by atoms with van der Waals surface area (Å²) in [5, 5.41) is 8.93. The van der Waals surface area contributed by atoms with Gasteiger partial charge >= 0.3 is 0 Å². The second kappa shape index (κ2) is 4.43. The van der Waals surface area contributed by atoms with Crippen molar-refractivity contribution in [1.29, 1.82) is 0 Å². The summed E-state index contributed by atoms with van der Waals surface area (Å²) in [5.41, 5.74) is 0.875. The van der Waals surface area contributed by atoms with Gasteiger partial charge in [0.25, 0.3) is 0 Å². The molecule has 2 nitrogen and oxygen atoms in total. The molecule has 0 amide bonds. The Balaban J connectivity index is 3.16. The van der Waals surface area contributed by atoms with E-state index < -0.39 is 0 Å². The topological polar surface area (TPSA) is 29.5 Å². The van der Waals surface area contributed by atoms with Crippen LogP contribution >= 0.6 is 38.5 Å². The zero-order valence-corrected chi connectivity index (χ0v) is 10.2. The fourth-order valence-electron chi connectivity index (χ4n) is 0.847. The SMILES string of the molecule is COc1cc(Br)c(CO)cc1I. The molecule has 0 radical (unpaired) electrons. The Kier molecular flexibility index (Phi) is 3.79. The molecule has 0 saturated heterocycles. The molecule has 0 heterocycles. The minimum absolute atomic E-state index is 0.0422. The predicted molar refractivity (Wildman–Crippen MR) is 59.3 cm³/mol. The summed E-state index contributed by atoms with van der Waals surface area (Å²) < 4.78 is 6.99. The standard InChI is InChI=1S/C8H8BrIO2/c1-12-8-3-6(9)5(4-11)2-7(8)10/h2-3,11H,4H2,1H3. The Labute approximate surface area is 93.2 Å². The van der Waals surface area contributed by atoms with Gasteiger partial charge in [0.05, 0.1) is 17.3 Å². The van der Waals surface area contributed by atoms with Gasteiger partial charge in [0.15, 0.2) is 0 Å². The van der Waals surface area contributed by atoms with Crippen LogP contribution in [-0.2, 0) is 6.61 Å². The van der Waals surface area contributed by atoms with Crippen LogP contribution in [0.2, 0.25) is 0 Å². The normalized spacial score (nSPS) is 10.0. The van der Waals surface area contributed by atoms with E-state index in [-0.39, 0.29) is 6.61 Å². The first-order valence-electron chi connectivity index (χ1n) is 3.31. The van der Waals surface area contributed by atoms with E-state index in [1.807, 2.05) is 12.1 Å². The Bertz CT molecular complexity index is 259. The lowest BCUT2D eigenvalue weighted by Gasteiger charge is -2.06. The van der Waals surface area contributed by atoms with E-state index in [0.717, 1.165) is 19.4 Å². The number of rotatable bonds is 2. The van der Waals surface area contributed by atoms with Crippen LogP contribution in [0, 0.1) is 3.57 Å². The van der Waals surface area contributed by atoms with Crippen molar-refractivity contribution >= 4 is 38.5 Å². The van der Waals surface area contributed by atoms with Crippen molar-refractivity contribution in [2.24, 2.45) is 0 Å². The molecule has 0 aromatic heterocycles. The first-order valence-corrected chi connectivity index (χ1v) is 5.19. The molecule has 0 bridgehead atoms. The highest BCUT2D eigenvalue weighted by atomic mass is 127. The van der Waals surface area contributed by atoms with E-state index in [1.165, 1.54) is 0 Å². The third kappa shape index (κ3) is 2.11. The highest BCUT2D eigenvalue weighted by Crippen LogP contribution is 2.28. The maximum absolute atomic E-state index is 8.93. The molecule has 66 valence electrons. The second-order valence-corrected chi connectivity index (χ2v) is 4.25. The van der Waals surface area contributed by atoms with Crippen LogP contribution < -0.4 is 4.74 Å². The van der Waals surface area contributed by atoms with Crippen LogP contribution in [0.1, 0.15) is 5.56 Å². The van der Waals surface area contributed by atoms with E-state index in [4.69, 9.17) is 9.84 Å². The van der Waals surface area contributed by atoms with Gasteiger partial charge in [-0.3, -0.25) is 0 Å². The van der Waals surface area contributed by atoms with Crippen molar-refractivity contribution in [1.82, 2.24) is 0 Å². The molecule has 0 saturated carbocycles. The zero-order chi connectivity index (χ0) is 9.14. The van der Waals surface area contributed by atoms with Gasteiger partial charge < -0.3 is 9.84 Å². The van der Waals surface area contributed by atoms with Crippen molar-refractivity contribution in [3.8, 4) is 5.75 Å². The van der Waals surface area contributed by atoms with E-state index in [9.17, 15) is 0 Å². The maximum atomic E-state index is 8.93. The Morgan fingerprint density at radius 3 is 2.75 bits per heavy atom. The number of benzene rings is 1. The molecule has 0 aliphatic heterocycles. The van der Waals surface area contributed by atoms with Crippen LogP contribution in [0.3, 0.4) is 0 Å². The van der Waals surface area contributed by atoms with Crippen molar-refractivity contribution in [2.75, 3.05) is 7.11 Å². The monoisotopic (exact) mass is 342 g/mol. The summed E-state index contributed by atoms with van der Waals surface area (Å²) in [5.74, 6) is 0.819. The van der Waals surface area contributed by atoms with Crippen molar-refractivity contribution in [3.63, 3.8) is 0 Å². The van der Waals surface area contributed by atoms with E-state index in [1.54, 1.807) is 7.11 Å². The molecule has 0 aliphatic rings. The largest absolute Gasteiger partial charge is 0.496 e. The van der Waals surface area contributed by atoms with Crippen molar-refractivity contribution in [2.45, 2.75) is 6.61 Å². The van der Waals surface area contributed by atoms with E-state index in [0.29, 0.717) is 0 Å². The summed E-state index contributed by atoms with van der Waals surface area (Å²) in [6.07, 6.45) is 0. The highest BCUT2D eigenvalue weighted by Gasteiger charge is 2.05. The summed E-state index contributed by atoms with van der Waals surface area (Å²) >= 11 is 5.51. The van der Waals surface area contributed by atoms with Gasteiger partial charge in [-0.1, -0.05) is 15.9 Å². The van der Waals surface area contributed by atoms with Crippen molar-refractivity contribution < 1.29 is 9.84 Å². The van der Waals surface area contributed by atoms with E-state index >= 15 is 0 Å². The summed E-state index contributed by atoms with van der Waals surface area (Å²) in [4.78, 5) is 0. The van der Waals surface area contributed by atoms with Gasteiger partial charge in [0, 0.05) is 4.47 Å². The molecule has 1 aromatic carbocycles. The smallest absolute Gasteiger partial charge is 0.133 e. The molecule has 0 atom stereocenters. The summed E-state index contributed by atoms with van der Waals surface area (Å²) in [6.45, 7) is 0.0422. The lowest BCUT2D eigenvalue weighted by molar-refractivity contribution is 0.280. The number of methoxy groups -OCH3 is 1. The molecule has 0 aliphatic carbocycles. The number of aliphatic hydroxyl groups is 1. The lowest BCUT2D eigenvalue weighted by atomic mass is 10.2. The molecule has 0 unspecified atom stereocenters. The third-order valence-corrected chi connectivity index (χ3v) is 3.07. The van der Waals surface area contributed by atoms with Crippen LogP contribution in [0.5, 0.6) is 5.75 Å². The molecule has 0 fully saturated rings. The number of aliphatic hydroxyl groups excluding tert-OH is 1. The molecular formula is C8H8BrIO2. The summed E-state index contributed by atoms with van der Waals surface area (Å²) in [7, 11) is 1.63. The van der Waals surface area contributed by atoms with Gasteiger partial charge in [-0.2, -0.15) is 0 Å². The Hall–Kier alpha value is 0.190. The molecular weight excluding hydrogens is 335 g/mol. The number of ether oxygens (including phenoxy) is 1. The average molecular weight is 343 g/mol. The first-order chi connectivity index (χ1) is 5.69. The van der Waals surface area contributed by atoms with Crippen molar-refractivity contribution in [3.05, 3.63) is 25.7 Å². The minimum Gasteiger partial charge on any atom is -0.496 e. The lowest BCUT2D eigenvalue weighted by Crippen LogP contribution is -1.91. The fraction of sp³-hybridized carbons (Fsp3) is 0.250. The number of hydrogen-bond donors (Lipinski definition) is 1. The zero-order valence-electron chi connectivity index (χ0n) is 6.47. The quantitative estimate of drug-likeness (QED) is 0.837. The Morgan fingerprint density at radius 1 is 1.58 bits per heavy atom. The maximum Gasteiger partial charge on any atom is 0.133 e. The minimum atomic E-state index is 0.0422. The van der Waals surface area contributed by atoms with E-state index in [2.05, 4.69) is 38.5 Å². The molecule has 1 aromatic rings. The molecule has 1 N–H and O–H groups in total. The molecule has 1 rings (SSSR count). The average Bonchev–Trinajstić information content (AvgIpc) is 2.08. The van der Waals surface area contributed by atoms with Crippen LogP contribution in [0.4, 0.5) is 0 Å². The predicted octanol–water partition coefficient (Wildman–Crippen LogP) is 2.55. The molecule has 12 heavy (non-hydrogen) atoms. The van der Waals surface area contributed by atoms with Gasteiger partial charge in [-0.05, 0) is 40.3 Å². The number of halogens is 2. The number of hydrogen-bond acceptors (Lipinski definition) is 2. The van der Waals surface area contributed by atoms with Gasteiger partial charge in [0.2, 0.25) is 0 Å². The second-order valence-electron chi connectivity index (χ2n) is 2.24. The molecule has 0 spiro atoms. The van der Waals surface area contributed by atoms with Gasteiger partial charge in [0.1, 0.15) is 5.75 Å². The highest BCUT2D eigenvalue weighted by molar-refractivity contribution is 14.1. The molecule has 4 heteroatoms. The van der Waals surface area contributed by atoms with Crippen LogP contribution in [-0.4, -0.2) is 12.2 Å².